The van der Waals surface area contributed by atoms with Crippen molar-refractivity contribution in [2.24, 2.45) is 4.99 Å². The van der Waals surface area contributed by atoms with E-state index in [9.17, 15) is 0 Å². The summed E-state index contributed by atoms with van der Waals surface area (Å²) in [5.41, 5.74) is 6.65. The molecule has 3 aromatic rings. The molecule has 118 valence electrons. The van der Waals surface area contributed by atoms with E-state index in [1.54, 1.807) is 0 Å². The van der Waals surface area contributed by atoms with Crippen molar-refractivity contribution in [3.63, 3.8) is 0 Å². The zero-order valence-corrected chi connectivity index (χ0v) is 13.8. The third kappa shape index (κ3) is 2.01. The van der Waals surface area contributed by atoms with Crippen LogP contribution >= 0.6 is 11.6 Å². The summed E-state index contributed by atoms with van der Waals surface area (Å²) >= 11 is 6.42. The number of aliphatic imine (C=N–C) groups is 1. The molecular formula is C20H15ClN2O. The number of halogens is 1. The Bertz CT molecular complexity index is 987. The molecule has 0 amide bonds. The predicted molar refractivity (Wildman–Crippen MR) is 95.8 cm³/mol. The van der Waals surface area contributed by atoms with Crippen LogP contribution in [0, 0.1) is 0 Å². The normalized spacial score (nSPS) is 15.0. The highest BCUT2D eigenvalue weighted by atomic mass is 35.5. The maximum Gasteiger partial charge on any atom is 0.122 e. The quantitative estimate of drug-likeness (QED) is 0.647. The summed E-state index contributed by atoms with van der Waals surface area (Å²) in [7, 11) is 0. The lowest BCUT2D eigenvalue weighted by atomic mass is 10.0. The van der Waals surface area contributed by atoms with Crippen molar-refractivity contribution in [1.29, 1.82) is 0 Å². The van der Waals surface area contributed by atoms with Gasteiger partial charge < -0.3 is 9.30 Å². The van der Waals surface area contributed by atoms with Crippen molar-refractivity contribution in [1.82, 2.24) is 4.57 Å². The standard InChI is InChI=1S/C20H15ClN2O/c21-16-3-1-4-17-15(16)12-22-20(18-5-2-9-23(17)18)14-6-7-19-13(11-14)8-10-24-19/h1-7,9,11H,8,10,12H2. The highest BCUT2D eigenvalue weighted by Crippen LogP contribution is 2.31. The second-order valence-corrected chi connectivity index (χ2v) is 6.49. The molecule has 0 N–H and O–H groups in total. The first kappa shape index (κ1) is 13.9. The minimum atomic E-state index is 0.583. The van der Waals surface area contributed by atoms with Crippen LogP contribution in [0.3, 0.4) is 0 Å². The van der Waals surface area contributed by atoms with Gasteiger partial charge in [0.05, 0.1) is 30.2 Å². The van der Waals surface area contributed by atoms with E-state index in [4.69, 9.17) is 21.3 Å². The molecule has 0 spiro atoms. The van der Waals surface area contributed by atoms with Crippen molar-refractivity contribution in [3.8, 4) is 11.4 Å². The van der Waals surface area contributed by atoms with Crippen LogP contribution in [0.2, 0.25) is 5.02 Å². The Morgan fingerprint density at radius 3 is 3.00 bits per heavy atom. The van der Waals surface area contributed by atoms with Gasteiger partial charge in [0.15, 0.2) is 0 Å². The van der Waals surface area contributed by atoms with Gasteiger partial charge in [-0.25, -0.2) is 0 Å². The van der Waals surface area contributed by atoms with Gasteiger partial charge in [0.2, 0.25) is 0 Å². The molecule has 0 radical (unpaired) electrons. The molecule has 0 aliphatic carbocycles. The van der Waals surface area contributed by atoms with Gasteiger partial charge in [-0.15, -0.1) is 0 Å². The van der Waals surface area contributed by atoms with Crippen LogP contribution in [0.25, 0.3) is 5.69 Å². The SMILES string of the molecule is Clc1cccc2c1CN=C(c1ccc3c(c1)CCO3)c1cccn1-2. The number of nitrogens with zero attached hydrogens (tertiary/aromatic N) is 2. The van der Waals surface area contributed by atoms with Gasteiger partial charge in [0.1, 0.15) is 5.75 Å². The summed E-state index contributed by atoms with van der Waals surface area (Å²) in [4.78, 5) is 4.91. The summed E-state index contributed by atoms with van der Waals surface area (Å²) in [6, 6.07) is 16.5. The van der Waals surface area contributed by atoms with Crippen molar-refractivity contribution < 1.29 is 4.74 Å². The molecule has 0 bridgehead atoms. The van der Waals surface area contributed by atoms with E-state index in [0.717, 1.165) is 52.0 Å². The fourth-order valence-corrected chi connectivity index (χ4v) is 3.75. The van der Waals surface area contributed by atoms with Crippen LogP contribution in [-0.4, -0.2) is 16.9 Å². The Kier molecular flexibility index (Phi) is 3.03. The maximum absolute atomic E-state index is 6.42. The summed E-state index contributed by atoms with van der Waals surface area (Å²) < 4.78 is 7.80. The summed E-state index contributed by atoms with van der Waals surface area (Å²) in [5, 5.41) is 0.763. The Labute approximate surface area is 145 Å². The van der Waals surface area contributed by atoms with Gasteiger partial charge in [0, 0.05) is 28.8 Å². The third-order valence-corrected chi connectivity index (χ3v) is 5.06. The number of benzene rings is 2. The second kappa shape index (κ2) is 5.25. The monoisotopic (exact) mass is 334 g/mol. The Hall–Kier alpha value is -2.52. The molecule has 3 nitrogen and oxygen atoms in total. The maximum atomic E-state index is 6.42. The van der Waals surface area contributed by atoms with Crippen LogP contribution in [-0.2, 0) is 13.0 Å². The average Bonchev–Trinajstić information content (AvgIpc) is 3.22. The van der Waals surface area contributed by atoms with Gasteiger partial charge in [-0.05, 0) is 48.0 Å². The van der Waals surface area contributed by atoms with Crippen molar-refractivity contribution >= 4 is 17.3 Å². The number of hydrogen-bond donors (Lipinski definition) is 0. The van der Waals surface area contributed by atoms with Crippen LogP contribution < -0.4 is 4.74 Å². The molecule has 0 unspecified atom stereocenters. The smallest absolute Gasteiger partial charge is 0.122 e. The number of aromatic nitrogens is 1. The van der Waals surface area contributed by atoms with Gasteiger partial charge in [-0.1, -0.05) is 17.7 Å². The van der Waals surface area contributed by atoms with Crippen LogP contribution in [0.1, 0.15) is 22.4 Å². The Morgan fingerprint density at radius 1 is 1.08 bits per heavy atom. The first-order valence-electron chi connectivity index (χ1n) is 8.07. The molecule has 0 fully saturated rings. The Morgan fingerprint density at radius 2 is 2.04 bits per heavy atom. The molecule has 0 saturated heterocycles. The highest BCUT2D eigenvalue weighted by Gasteiger charge is 2.21. The zero-order valence-electron chi connectivity index (χ0n) is 13.0. The summed E-state index contributed by atoms with van der Waals surface area (Å²) in [6.45, 7) is 1.35. The molecule has 4 heteroatoms. The Balaban J connectivity index is 1.70. The summed E-state index contributed by atoms with van der Waals surface area (Å²) in [5.74, 6) is 0.995. The van der Waals surface area contributed by atoms with Gasteiger partial charge in [-0.3, -0.25) is 4.99 Å². The number of fused-ring (bicyclic) bond motifs is 4. The lowest BCUT2D eigenvalue weighted by molar-refractivity contribution is 0.357. The van der Waals surface area contributed by atoms with E-state index in [1.165, 1.54) is 5.56 Å². The van der Waals surface area contributed by atoms with Crippen molar-refractivity contribution in [2.75, 3.05) is 6.61 Å². The third-order valence-electron chi connectivity index (χ3n) is 4.70. The van der Waals surface area contributed by atoms with E-state index < -0.39 is 0 Å². The first-order valence-corrected chi connectivity index (χ1v) is 8.45. The van der Waals surface area contributed by atoms with Crippen LogP contribution in [0.5, 0.6) is 5.75 Å². The lowest BCUT2D eigenvalue weighted by Crippen LogP contribution is -2.08. The average molecular weight is 335 g/mol. The summed E-state index contributed by atoms with van der Waals surface area (Å²) in [6.07, 6.45) is 3.03. The van der Waals surface area contributed by atoms with Crippen molar-refractivity contribution in [2.45, 2.75) is 13.0 Å². The molecule has 5 rings (SSSR count). The molecule has 3 heterocycles. The molecule has 2 aliphatic heterocycles. The van der Waals surface area contributed by atoms with E-state index >= 15 is 0 Å². The van der Waals surface area contributed by atoms with E-state index in [0.29, 0.717) is 6.54 Å². The molecule has 0 saturated carbocycles. The van der Waals surface area contributed by atoms with Gasteiger partial charge >= 0.3 is 0 Å². The largest absolute Gasteiger partial charge is 0.493 e. The molecular weight excluding hydrogens is 320 g/mol. The topological polar surface area (TPSA) is 26.5 Å². The van der Waals surface area contributed by atoms with E-state index in [-0.39, 0.29) is 0 Å². The number of rotatable bonds is 1. The number of ether oxygens (including phenoxy) is 1. The fraction of sp³-hybridized carbons (Fsp3) is 0.150. The molecule has 2 aromatic carbocycles. The van der Waals surface area contributed by atoms with Gasteiger partial charge in [0.25, 0.3) is 0 Å². The van der Waals surface area contributed by atoms with Crippen LogP contribution in [0.4, 0.5) is 0 Å². The highest BCUT2D eigenvalue weighted by molar-refractivity contribution is 6.31. The fourth-order valence-electron chi connectivity index (χ4n) is 3.53. The van der Waals surface area contributed by atoms with Crippen molar-refractivity contribution in [3.05, 3.63) is 82.1 Å². The minimum absolute atomic E-state index is 0.583. The van der Waals surface area contributed by atoms with Crippen LogP contribution in [0.15, 0.2) is 59.7 Å². The van der Waals surface area contributed by atoms with E-state index in [1.807, 2.05) is 12.1 Å². The zero-order chi connectivity index (χ0) is 16.1. The molecule has 0 atom stereocenters. The number of hydrogen-bond acceptors (Lipinski definition) is 2. The molecule has 1 aromatic heterocycles. The minimum Gasteiger partial charge on any atom is -0.493 e. The first-order chi connectivity index (χ1) is 11.8. The second-order valence-electron chi connectivity index (χ2n) is 6.09. The molecule has 24 heavy (non-hydrogen) atoms. The predicted octanol–water partition coefficient (Wildman–Crippen LogP) is 4.42. The lowest BCUT2D eigenvalue weighted by Gasteiger charge is -2.12. The van der Waals surface area contributed by atoms with Gasteiger partial charge in [-0.2, -0.15) is 0 Å². The van der Waals surface area contributed by atoms with E-state index in [2.05, 4.69) is 47.2 Å². The molecule has 2 aliphatic rings.